The number of thiophene rings is 1. The first-order valence-corrected chi connectivity index (χ1v) is 8.22. The molecule has 2 aromatic heterocycles. The first-order valence-electron chi connectivity index (χ1n) is 6.39. The monoisotopic (exact) mass is 324 g/mol. The van der Waals surface area contributed by atoms with Gasteiger partial charge in [-0.25, -0.2) is 9.78 Å². The lowest BCUT2D eigenvalue weighted by Crippen LogP contribution is -2.45. The van der Waals surface area contributed by atoms with Gasteiger partial charge in [-0.15, -0.1) is 11.3 Å². The van der Waals surface area contributed by atoms with Crippen molar-refractivity contribution < 1.29 is 14.3 Å². The Morgan fingerprint density at radius 2 is 2.10 bits per heavy atom. The van der Waals surface area contributed by atoms with E-state index in [-0.39, 0.29) is 11.8 Å². The topological polar surface area (TPSA) is 68.3 Å². The summed E-state index contributed by atoms with van der Waals surface area (Å²) in [5.41, 5.74) is 1.31. The predicted molar refractivity (Wildman–Crippen MR) is 83.5 cm³/mol. The number of amides is 1. The van der Waals surface area contributed by atoms with Gasteiger partial charge < -0.3 is 10.1 Å². The highest BCUT2D eigenvalue weighted by molar-refractivity contribution is 7.14. The van der Waals surface area contributed by atoms with Gasteiger partial charge in [0.25, 0.3) is 5.91 Å². The van der Waals surface area contributed by atoms with Crippen molar-refractivity contribution in [2.45, 2.75) is 19.9 Å². The molecule has 0 fully saturated rings. The molecule has 0 saturated carbocycles. The van der Waals surface area contributed by atoms with Gasteiger partial charge in [-0.05, 0) is 17.4 Å². The zero-order valence-corrected chi connectivity index (χ0v) is 13.6. The summed E-state index contributed by atoms with van der Waals surface area (Å²) in [6.07, 6.45) is 0. The molecular weight excluding hydrogens is 308 g/mol. The van der Waals surface area contributed by atoms with E-state index < -0.39 is 12.0 Å². The van der Waals surface area contributed by atoms with Crippen molar-refractivity contribution in [1.29, 1.82) is 0 Å². The van der Waals surface area contributed by atoms with E-state index in [0.717, 1.165) is 10.6 Å². The molecule has 0 aliphatic rings. The third-order valence-corrected chi connectivity index (χ3v) is 4.49. The summed E-state index contributed by atoms with van der Waals surface area (Å²) < 4.78 is 4.70. The molecule has 1 atom stereocenters. The van der Waals surface area contributed by atoms with Crippen molar-refractivity contribution >= 4 is 34.6 Å². The molecule has 0 aliphatic heterocycles. The van der Waals surface area contributed by atoms with Crippen LogP contribution >= 0.6 is 22.7 Å². The normalized spacial score (nSPS) is 12.2. The number of rotatable bonds is 5. The minimum atomic E-state index is -0.672. The number of ether oxygens (including phenoxy) is 1. The summed E-state index contributed by atoms with van der Waals surface area (Å²) in [7, 11) is 1.31. The van der Waals surface area contributed by atoms with Crippen LogP contribution in [0.25, 0.3) is 10.6 Å². The summed E-state index contributed by atoms with van der Waals surface area (Å²) in [5.74, 6) is -0.875. The van der Waals surface area contributed by atoms with E-state index in [0.29, 0.717) is 5.69 Å². The average Bonchev–Trinajstić information content (AvgIpc) is 3.12. The Bertz CT molecular complexity index is 620. The van der Waals surface area contributed by atoms with Crippen LogP contribution in [0.2, 0.25) is 0 Å². The molecule has 21 heavy (non-hydrogen) atoms. The van der Waals surface area contributed by atoms with Crippen LogP contribution in [0.3, 0.4) is 0 Å². The Hall–Kier alpha value is -1.73. The van der Waals surface area contributed by atoms with E-state index in [1.165, 1.54) is 18.4 Å². The number of carbonyl (C=O) groups is 2. The minimum Gasteiger partial charge on any atom is -0.467 e. The quantitative estimate of drug-likeness (QED) is 0.859. The maximum absolute atomic E-state index is 12.2. The number of carbonyl (C=O) groups excluding carboxylic acids is 2. The van der Waals surface area contributed by atoms with Crippen molar-refractivity contribution in [3.05, 3.63) is 27.9 Å². The Morgan fingerprint density at radius 1 is 1.33 bits per heavy atom. The van der Waals surface area contributed by atoms with Crippen LogP contribution in [0, 0.1) is 5.92 Å². The zero-order valence-electron chi connectivity index (χ0n) is 12.0. The third kappa shape index (κ3) is 3.68. The van der Waals surface area contributed by atoms with E-state index in [9.17, 15) is 9.59 Å². The van der Waals surface area contributed by atoms with Crippen LogP contribution in [-0.2, 0) is 9.53 Å². The molecule has 1 unspecified atom stereocenters. The number of nitrogens with one attached hydrogen (secondary N) is 1. The summed E-state index contributed by atoms with van der Waals surface area (Å²) >= 11 is 2.98. The number of hydrogen-bond acceptors (Lipinski definition) is 6. The van der Waals surface area contributed by atoms with Gasteiger partial charge in [-0.2, -0.15) is 11.3 Å². The van der Waals surface area contributed by atoms with Gasteiger partial charge in [0.05, 0.1) is 7.11 Å². The molecule has 0 aliphatic carbocycles. The highest BCUT2D eigenvalue weighted by atomic mass is 32.1. The van der Waals surface area contributed by atoms with E-state index in [1.807, 2.05) is 30.7 Å². The maximum Gasteiger partial charge on any atom is 0.328 e. The lowest BCUT2D eigenvalue weighted by atomic mass is 10.0. The van der Waals surface area contributed by atoms with E-state index in [4.69, 9.17) is 4.74 Å². The summed E-state index contributed by atoms with van der Waals surface area (Å²) in [4.78, 5) is 28.2. The molecule has 0 spiro atoms. The first kappa shape index (κ1) is 15.7. The second-order valence-corrected chi connectivity index (χ2v) is 6.41. The van der Waals surface area contributed by atoms with Crippen LogP contribution in [0.15, 0.2) is 22.2 Å². The van der Waals surface area contributed by atoms with E-state index in [1.54, 1.807) is 16.7 Å². The molecule has 2 aromatic rings. The number of aromatic nitrogens is 1. The van der Waals surface area contributed by atoms with Gasteiger partial charge >= 0.3 is 5.97 Å². The fourth-order valence-electron chi connectivity index (χ4n) is 1.74. The van der Waals surface area contributed by atoms with E-state index >= 15 is 0 Å². The largest absolute Gasteiger partial charge is 0.467 e. The fraction of sp³-hybridized carbons (Fsp3) is 0.357. The minimum absolute atomic E-state index is 0.0589. The molecule has 1 amide bonds. The molecule has 1 N–H and O–H groups in total. The highest BCUT2D eigenvalue weighted by Gasteiger charge is 2.26. The van der Waals surface area contributed by atoms with Crippen LogP contribution in [-0.4, -0.2) is 30.0 Å². The third-order valence-electron chi connectivity index (χ3n) is 2.91. The van der Waals surface area contributed by atoms with Crippen molar-refractivity contribution in [3.8, 4) is 10.6 Å². The number of thiazole rings is 1. The van der Waals surface area contributed by atoms with Crippen LogP contribution in [0.5, 0.6) is 0 Å². The molecule has 112 valence electrons. The Balaban J connectivity index is 2.11. The molecule has 0 bridgehead atoms. The summed E-state index contributed by atoms with van der Waals surface area (Å²) in [6, 6.07) is 1.28. The van der Waals surface area contributed by atoms with E-state index in [2.05, 4.69) is 10.3 Å². The van der Waals surface area contributed by atoms with Crippen LogP contribution in [0.1, 0.15) is 24.3 Å². The van der Waals surface area contributed by atoms with Crippen LogP contribution in [0.4, 0.5) is 0 Å². The molecule has 2 rings (SSSR count). The van der Waals surface area contributed by atoms with Gasteiger partial charge in [0, 0.05) is 16.3 Å². The van der Waals surface area contributed by atoms with Crippen molar-refractivity contribution in [2.24, 2.45) is 5.92 Å². The second kappa shape index (κ2) is 6.82. The maximum atomic E-state index is 12.2. The smallest absolute Gasteiger partial charge is 0.328 e. The predicted octanol–water partition coefficient (Wildman–Crippen LogP) is 2.80. The van der Waals surface area contributed by atoms with Gasteiger partial charge in [0.2, 0.25) is 0 Å². The summed E-state index contributed by atoms with van der Waals surface area (Å²) in [5, 5.41) is 9.10. The number of esters is 1. The lowest BCUT2D eigenvalue weighted by molar-refractivity contribution is -0.144. The first-order chi connectivity index (χ1) is 10.0. The average molecular weight is 324 g/mol. The number of methoxy groups -OCH3 is 1. The molecule has 5 nitrogen and oxygen atoms in total. The number of hydrogen-bond donors (Lipinski definition) is 1. The van der Waals surface area contributed by atoms with Crippen molar-refractivity contribution in [1.82, 2.24) is 10.3 Å². The van der Waals surface area contributed by atoms with Gasteiger partial charge in [-0.1, -0.05) is 13.8 Å². The Labute approximate surface area is 131 Å². The van der Waals surface area contributed by atoms with Gasteiger partial charge in [-0.3, -0.25) is 4.79 Å². The molecule has 2 heterocycles. The SMILES string of the molecule is COC(=O)C(NC(=O)c1csc(-c2ccsc2)n1)C(C)C. The Kier molecular flexibility index (Phi) is 5.08. The highest BCUT2D eigenvalue weighted by Crippen LogP contribution is 2.25. The molecule has 0 aromatic carbocycles. The van der Waals surface area contributed by atoms with Crippen molar-refractivity contribution in [3.63, 3.8) is 0 Å². The summed E-state index contributed by atoms with van der Waals surface area (Å²) in [6.45, 7) is 3.69. The standard InChI is InChI=1S/C14H16N2O3S2/c1-8(2)11(14(18)19-3)16-12(17)10-7-21-13(15-10)9-4-5-20-6-9/h4-8,11H,1-3H3,(H,16,17). The van der Waals surface area contributed by atoms with Crippen LogP contribution < -0.4 is 5.32 Å². The van der Waals surface area contributed by atoms with Gasteiger partial charge in [0.1, 0.15) is 16.7 Å². The molecule has 7 heteroatoms. The molecule has 0 radical (unpaired) electrons. The van der Waals surface area contributed by atoms with Gasteiger partial charge in [0.15, 0.2) is 0 Å². The zero-order chi connectivity index (χ0) is 15.4. The Morgan fingerprint density at radius 3 is 2.67 bits per heavy atom. The lowest BCUT2D eigenvalue weighted by Gasteiger charge is -2.19. The molecular formula is C14H16N2O3S2. The number of nitrogens with zero attached hydrogens (tertiary/aromatic N) is 1. The second-order valence-electron chi connectivity index (χ2n) is 4.77. The fourth-order valence-corrected chi connectivity index (χ4v) is 3.25. The van der Waals surface area contributed by atoms with Crippen molar-refractivity contribution in [2.75, 3.05) is 7.11 Å². The molecule has 0 saturated heterocycles.